The summed E-state index contributed by atoms with van der Waals surface area (Å²) in [5, 5.41) is 2.65. The fraction of sp³-hybridized carbons (Fsp3) is 0.188. The lowest BCUT2D eigenvalue weighted by atomic mass is 10.1. The lowest BCUT2D eigenvalue weighted by Crippen LogP contribution is -2.20. The van der Waals surface area contributed by atoms with Crippen LogP contribution in [0.1, 0.15) is 16.7 Å². The van der Waals surface area contributed by atoms with E-state index in [4.69, 9.17) is 16.3 Å². The SMILES string of the molecule is Cc1cc(OC(=O)Nc2ccccc2C(F)(F)F)cc(C)c1Cl. The van der Waals surface area contributed by atoms with E-state index in [1.807, 2.05) is 0 Å². The van der Waals surface area contributed by atoms with Crippen LogP contribution in [-0.4, -0.2) is 6.09 Å². The van der Waals surface area contributed by atoms with Gasteiger partial charge in [0.25, 0.3) is 0 Å². The van der Waals surface area contributed by atoms with E-state index in [-0.39, 0.29) is 11.4 Å². The lowest BCUT2D eigenvalue weighted by molar-refractivity contribution is -0.136. The molecule has 1 amide bonds. The van der Waals surface area contributed by atoms with Gasteiger partial charge in [-0.1, -0.05) is 23.7 Å². The van der Waals surface area contributed by atoms with Crippen LogP contribution < -0.4 is 10.1 Å². The average Bonchev–Trinajstić information content (AvgIpc) is 2.44. The number of carbonyl (C=O) groups excluding carboxylic acids is 1. The summed E-state index contributed by atoms with van der Waals surface area (Å²) in [5.41, 5.74) is 0.0862. The fourth-order valence-corrected chi connectivity index (χ4v) is 2.16. The van der Waals surface area contributed by atoms with E-state index in [0.717, 1.165) is 12.1 Å². The minimum atomic E-state index is -4.57. The Morgan fingerprint density at radius 2 is 1.70 bits per heavy atom. The van der Waals surface area contributed by atoms with Gasteiger partial charge < -0.3 is 4.74 Å². The maximum absolute atomic E-state index is 12.9. The van der Waals surface area contributed by atoms with Crippen molar-refractivity contribution < 1.29 is 22.7 Å². The van der Waals surface area contributed by atoms with Crippen LogP contribution in [0.4, 0.5) is 23.7 Å². The molecule has 0 aliphatic heterocycles. The molecular formula is C16H13ClF3NO2. The van der Waals surface area contributed by atoms with Crippen LogP contribution in [0.2, 0.25) is 5.02 Å². The van der Waals surface area contributed by atoms with Gasteiger partial charge in [0, 0.05) is 5.02 Å². The van der Waals surface area contributed by atoms with Gasteiger partial charge in [0.05, 0.1) is 11.3 Å². The van der Waals surface area contributed by atoms with Gasteiger partial charge >= 0.3 is 12.3 Å². The molecule has 0 aliphatic rings. The highest BCUT2D eigenvalue weighted by Crippen LogP contribution is 2.34. The molecule has 23 heavy (non-hydrogen) atoms. The molecular weight excluding hydrogens is 331 g/mol. The quantitative estimate of drug-likeness (QED) is 0.772. The van der Waals surface area contributed by atoms with Gasteiger partial charge in [-0.2, -0.15) is 13.2 Å². The molecule has 0 saturated carbocycles. The summed E-state index contributed by atoms with van der Waals surface area (Å²) < 4.78 is 43.6. The number of nitrogens with one attached hydrogen (secondary N) is 1. The number of aryl methyl sites for hydroxylation is 2. The molecule has 0 fully saturated rings. The van der Waals surface area contributed by atoms with Crippen molar-refractivity contribution in [3.63, 3.8) is 0 Å². The van der Waals surface area contributed by atoms with Crippen LogP contribution in [0.5, 0.6) is 5.75 Å². The summed E-state index contributed by atoms with van der Waals surface area (Å²) in [6.07, 6.45) is -5.58. The third kappa shape index (κ3) is 4.16. The van der Waals surface area contributed by atoms with E-state index in [1.165, 1.54) is 24.3 Å². The summed E-state index contributed by atoms with van der Waals surface area (Å²) in [6.45, 7) is 3.47. The molecule has 2 aromatic carbocycles. The minimum absolute atomic E-state index is 0.200. The number of amides is 1. The van der Waals surface area contributed by atoms with Gasteiger partial charge in [-0.3, -0.25) is 5.32 Å². The van der Waals surface area contributed by atoms with E-state index < -0.39 is 17.8 Å². The van der Waals surface area contributed by atoms with Crippen LogP contribution in [-0.2, 0) is 6.18 Å². The van der Waals surface area contributed by atoms with Crippen molar-refractivity contribution in [1.29, 1.82) is 0 Å². The molecule has 0 saturated heterocycles. The summed E-state index contributed by atoms with van der Waals surface area (Å²) in [5.74, 6) is 0.200. The van der Waals surface area contributed by atoms with E-state index >= 15 is 0 Å². The van der Waals surface area contributed by atoms with Crippen molar-refractivity contribution in [3.05, 3.63) is 58.1 Å². The molecule has 0 heterocycles. The molecule has 0 spiro atoms. The van der Waals surface area contributed by atoms with E-state index in [1.54, 1.807) is 13.8 Å². The Morgan fingerprint density at radius 3 is 2.26 bits per heavy atom. The molecule has 2 rings (SSSR count). The van der Waals surface area contributed by atoms with Gasteiger partial charge in [-0.05, 0) is 49.2 Å². The second-order valence-corrected chi connectivity index (χ2v) is 5.31. The topological polar surface area (TPSA) is 38.3 Å². The zero-order chi connectivity index (χ0) is 17.2. The predicted molar refractivity (Wildman–Crippen MR) is 82.0 cm³/mol. The van der Waals surface area contributed by atoms with Gasteiger partial charge in [0.15, 0.2) is 0 Å². The normalized spacial score (nSPS) is 11.2. The Kier molecular flexibility index (Phi) is 4.85. The Morgan fingerprint density at radius 1 is 1.13 bits per heavy atom. The van der Waals surface area contributed by atoms with Crippen LogP contribution in [0.15, 0.2) is 36.4 Å². The molecule has 3 nitrogen and oxygen atoms in total. The van der Waals surface area contributed by atoms with E-state index in [9.17, 15) is 18.0 Å². The molecule has 0 aromatic heterocycles. The summed E-state index contributed by atoms with van der Waals surface area (Å²) in [6, 6.07) is 7.73. The third-order valence-electron chi connectivity index (χ3n) is 3.09. The van der Waals surface area contributed by atoms with E-state index in [0.29, 0.717) is 16.1 Å². The molecule has 0 atom stereocenters. The molecule has 7 heteroatoms. The highest BCUT2D eigenvalue weighted by molar-refractivity contribution is 6.32. The van der Waals surface area contributed by atoms with Crippen LogP contribution >= 0.6 is 11.6 Å². The predicted octanol–water partition coefficient (Wildman–Crippen LogP) is 5.59. The van der Waals surface area contributed by atoms with Gasteiger partial charge in [0.1, 0.15) is 5.75 Å². The Labute approximate surface area is 136 Å². The number of hydrogen-bond acceptors (Lipinski definition) is 2. The van der Waals surface area contributed by atoms with Gasteiger partial charge in [-0.15, -0.1) is 0 Å². The Balaban J connectivity index is 2.18. The average molecular weight is 344 g/mol. The number of rotatable bonds is 2. The van der Waals surface area contributed by atoms with Crippen molar-refractivity contribution in [2.45, 2.75) is 20.0 Å². The van der Waals surface area contributed by atoms with Crippen molar-refractivity contribution in [2.75, 3.05) is 5.32 Å². The van der Waals surface area contributed by atoms with Crippen molar-refractivity contribution >= 4 is 23.4 Å². The van der Waals surface area contributed by atoms with Crippen LogP contribution in [0.25, 0.3) is 0 Å². The first-order chi connectivity index (χ1) is 10.7. The van der Waals surface area contributed by atoms with Gasteiger partial charge in [-0.25, -0.2) is 4.79 Å². The number of carbonyl (C=O) groups is 1. The summed E-state index contributed by atoms with van der Waals surface area (Å²) in [7, 11) is 0. The molecule has 0 bridgehead atoms. The van der Waals surface area contributed by atoms with E-state index in [2.05, 4.69) is 5.32 Å². The second kappa shape index (κ2) is 6.50. The molecule has 1 N–H and O–H groups in total. The highest BCUT2D eigenvalue weighted by Gasteiger charge is 2.33. The van der Waals surface area contributed by atoms with Crippen LogP contribution in [0, 0.1) is 13.8 Å². The lowest BCUT2D eigenvalue weighted by Gasteiger charge is -2.14. The van der Waals surface area contributed by atoms with Crippen molar-refractivity contribution in [2.24, 2.45) is 0 Å². The van der Waals surface area contributed by atoms with Crippen LogP contribution in [0.3, 0.4) is 0 Å². The zero-order valence-corrected chi connectivity index (χ0v) is 13.0. The standard InChI is InChI=1S/C16H13ClF3NO2/c1-9-7-11(8-10(2)14(9)17)23-15(22)21-13-6-4-3-5-12(13)16(18,19)20/h3-8H,1-2H3,(H,21,22). The maximum atomic E-state index is 12.9. The van der Waals surface area contributed by atoms with Crippen molar-refractivity contribution in [3.8, 4) is 5.75 Å². The smallest absolute Gasteiger partial charge is 0.410 e. The Bertz CT molecular complexity index is 721. The first-order valence-electron chi connectivity index (χ1n) is 6.60. The largest absolute Gasteiger partial charge is 0.418 e. The third-order valence-corrected chi connectivity index (χ3v) is 3.69. The van der Waals surface area contributed by atoms with Crippen molar-refractivity contribution in [1.82, 2.24) is 0 Å². The Hall–Kier alpha value is -2.21. The number of halogens is 4. The number of benzene rings is 2. The molecule has 0 radical (unpaired) electrons. The summed E-state index contributed by atoms with van der Waals surface area (Å²) in [4.78, 5) is 11.8. The number of para-hydroxylation sites is 1. The fourth-order valence-electron chi connectivity index (χ4n) is 2.05. The number of anilines is 1. The molecule has 0 aliphatic carbocycles. The minimum Gasteiger partial charge on any atom is -0.410 e. The first kappa shape index (κ1) is 17.1. The second-order valence-electron chi connectivity index (χ2n) is 4.93. The number of alkyl halides is 3. The first-order valence-corrected chi connectivity index (χ1v) is 6.98. The number of ether oxygens (including phenoxy) is 1. The maximum Gasteiger partial charge on any atom is 0.418 e. The molecule has 2 aromatic rings. The molecule has 0 unspecified atom stereocenters. The number of hydrogen-bond donors (Lipinski definition) is 1. The monoisotopic (exact) mass is 343 g/mol. The molecule has 122 valence electrons. The highest BCUT2D eigenvalue weighted by atomic mass is 35.5. The zero-order valence-electron chi connectivity index (χ0n) is 12.3. The van der Waals surface area contributed by atoms with Gasteiger partial charge in [0.2, 0.25) is 0 Å². The summed E-state index contributed by atoms with van der Waals surface area (Å²) >= 11 is 6.01.